The van der Waals surface area contributed by atoms with E-state index in [1.54, 1.807) is 4.90 Å². The second-order valence-corrected chi connectivity index (χ2v) is 19.7. The molecule has 9 aromatic rings. The van der Waals surface area contributed by atoms with Crippen LogP contribution in [-0.2, 0) is 0 Å². The van der Waals surface area contributed by atoms with Crippen LogP contribution in [0.3, 0.4) is 0 Å². The second kappa shape index (κ2) is 24.3. The summed E-state index contributed by atoms with van der Waals surface area (Å²) in [4.78, 5) is 1.54. The molecule has 0 amide bonds. The van der Waals surface area contributed by atoms with Gasteiger partial charge in [0, 0.05) is 0 Å². The van der Waals surface area contributed by atoms with Crippen LogP contribution in [0.25, 0.3) is 43.1 Å². The molecule has 1 nitrogen and oxygen atoms in total. The van der Waals surface area contributed by atoms with Crippen molar-refractivity contribution in [1.29, 1.82) is 0 Å². The van der Waals surface area contributed by atoms with Gasteiger partial charge in [-0.2, -0.15) is 0 Å². The van der Waals surface area contributed by atoms with Crippen LogP contribution in [-0.4, -0.2) is 19.7 Å². The van der Waals surface area contributed by atoms with E-state index in [9.17, 15) is 35.1 Å². The fraction of sp³-hybridized carbons (Fsp3) is 0.193. The van der Waals surface area contributed by atoms with Crippen molar-refractivity contribution >= 4 is 76.8 Å². The zero-order valence-corrected chi connectivity index (χ0v) is 43.4. The van der Waals surface area contributed by atoms with Crippen LogP contribution in [0.5, 0.6) is 0 Å². The molecule has 0 aliphatic rings. The molecule has 0 aliphatic heterocycles. The van der Waals surface area contributed by atoms with E-state index >= 15 is 87.8 Å². The van der Waals surface area contributed by atoms with Gasteiger partial charge in [-0.1, -0.05) is 63.6 Å². The third kappa shape index (κ3) is 9.86. The van der Waals surface area contributed by atoms with Gasteiger partial charge in [-0.25, -0.2) is 123 Å². The summed E-state index contributed by atoms with van der Waals surface area (Å²) in [5.74, 6) is -102. The normalized spacial score (nSPS) is 12.4. The van der Waals surface area contributed by atoms with Crippen LogP contribution in [0, 0.1) is 163 Å². The van der Waals surface area contributed by atoms with Crippen molar-refractivity contribution in [2.45, 2.75) is 58.3 Å². The van der Waals surface area contributed by atoms with E-state index in [-0.39, 0.29) is 0 Å². The van der Waals surface area contributed by atoms with Gasteiger partial charge in [-0.05, 0) is 25.0 Å². The molecule has 9 aromatic carbocycles. The zero-order chi connectivity index (χ0) is 64.6. The van der Waals surface area contributed by atoms with Crippen molar-refractivity contribution in [2.75, 3.05) is 13.6 Å². The van der Waals surface area contributed by atoms with Crippen molar-refractivity contribution in [3.8, 4) is 0 Å². The lowest BCUT2D eigenvalue weighted by molar-refractivity contribution is -0.810. The molecule has 462 valence electrons. The van der Waals surface area contributed by atoms with Crippen LogP contribution in [0.4, 0.5) is 129 Å². The first kappa shape index (κ1) is 65.1. The monoisotopic (exact) mass is 1270 g/mol. The molecule has 0 saturated heterocycles. The van der Waals surface area contributed by atoms with Gasteiger partial charge < -0.3 is 4.90 Å². The topological polar surface area (TPSA) is 4.44 Å². The van der Waals surface area contributed by atoms with Crippen molar-refractivity contribution in [3.63, 3.8) is 0 Å². The maximum absolute atomic E-state index is 17.4. The largest absolute Gasteiger partial charge is 0.305 e. The summed E-state index contributed by atoms with van der Waals surface area (Å²) in [6.07, 6.45) is 3.27. The highest BCUT2D eigenvalue weighted by atomic mass is 19.2. The average Bonchev–Trinajstić information content (AvgIpc) is 0.673. The van der Waals surface area contributed by atoms with Crippen molar-refractivity contribution < 1.29 is 128 Å². The van der Waals surface area contributed by atoms with Crippen LogP contribution >= 0.6 is 0 Å². The Hall–Kier alpha value is -7.92. The van der Waals surface area contributed by atoms with Gasteiger partial charge in [0.1, 0.15) is 58.4 Å². The number of quaternary nitrogens is 1. The fourth-order valence-electron chi connectivity index (χ4n) is 10.8. The molecule has 0 aliphatic carbocycles. The Labute approximate surface area is 468 Å². The molecular formula is C57H30BF28N. The van der Waals surface area contributed by atoms with Crippen LogP contribution in [0.15, 0.2) is 30.3 Å². The van der Waals surface area contributed by atoms with Crippen LogP contribution in [0.2, 0.25) is 0 Å². The third-order valence-corrected chi connectivity index (χ3v) is 14.9. The Bertz CT molecular complexity index is 3850. The molecule has 0 spiro atoms. The molecule has 87 heavy (non-hydrogen) atoms. The lowest BCUT2D eigenvalue weighted by Crippen LogP contribution is -3.03. The third-order valence-electron chi connectivity index (χ3n) is 14.9. The highest BCUT2D eigenvalue weighted by molar-refractivity contribution is 7.20. The predicted molar refractivity (Wildman–Crippen MR) is 259 cm³/mol. The number of rotatable bonds is 14. The van der Waals surface area contributed by atoms with E-state index < -0.39 is 234 Å². The van der Waals surface area contributed by atoms with Crippen molar-refractivity contribution in [1.82, 2.24) is 0 Å². The summed E-state index contributed by atoms with van der Waals surface area (Å²) in [5.41, 5.74) is -14.5. The SMILES string of the molecule is CCCCCCCCCC[NH+](C)c1ccccc1.Fc1c(F)c(F)c2c(F)c([B-](c3c(F)c(F)c4c(F)c(F)c(F)c(F)c4c3F)(c3c(F)c(F)c4c(F)c(F)c(F)c(F)c4c3F)c3c(F)c(F)c4c(F)c(F)c(F)c(F)c4c3F)c(F)c(F)c2c1F. The average molecular weight is 1270 g/mol. The summed E-state index contributed by atoms with van der Waals surface area (Å²) >= 11 is 0. The minimum Gasteiger partial charge on any atom is -0.305 e. The summed E-state index contributed by atoms with van der Waals surface area (Å²) in [6, 6.07) is 10.8. The van der Waals surface area contributed by atoms with E-state index in [0.29, 0.717) is 0 Å². The van der Waals surface area contributed by atoms with E-state index in [2.05, 4.69) is 44.3 Å². The molecule has 9 rings (SSSR count). The van der Waals surface area contributed by atoms with Gasteiger partial charge in [0.15, 0.2) is 116 Å². The zero-order valence-electron chi connectivity index (χ0n) is 43.4. The molecule has 1 N–H and O–H groups in total. The first-order valence-electron chi connectivity index (χ1n) is 25.2. The second-order valence-electron chi connectivity index (χ2n) is 19.7. The minimum absolute atomic E-state index is 1.26. The number of unbranched alkanes of at least 4 members (excludes halogenated alkanes) is 7. The maximum atomic E-state index is 17.4. The Balaban J connectivity index is 0.000000468. The quantitative estimate of drug-likeness (QED) is 0.0364. The molecule has 0 bridgehead atoms. The van der Waals surface area contributed by atoms with E-state index in [1.807, 2.05) is 0 Å². The van der Waals surface area contributed by atoms with Crippen LogP contribution < -0.4 is 26.8 Å². The van der Waals surface area contributed by atoms with Crippen molar-refractivity contribution in [2.24, 2.45) is 0 Å². The number of benzene rings is 9. The highest BCUT2D eigenvalue weighted by Gasteiger charge is 2.52. The highest BCUT2D eigenvalue weighted by Crippen LogP contribution is 2.41. The van der Waals surface area contributed by atoms with Gasteiger partial charge in [0.05, 0.1) is 56.7 Å². The molecular weight excluding hydrogens is 1240 g/mol. The van der Waals surface area contributed by atoms with E-state index in [4.69, 9.17) is 0 Å². The fourth-order valence-corrected chi connectivity index (χ4v) is 10.8. The van der Waals surface area contributed by atoms with Crippen molar-refractivity contribution in [3.05, 3.63) is 193 Å². The first-order valence-corrected chi connectivity index (χ1v) is 25.2. The Morgan fingerprint density at radius 1 is 0.241 bits per heavy atom. The number of hydrogen-bond donors (Lipinski definition) is 1. The van der Waals surface area contributed by atoms with Gasteiger partial charge in [0.2, 0.25) is 0 Å². The summed E-state index contributed by atoms with van der Waals surface area (Å²) in [5, 5.41) is -25.0. The minimum atomic E-state index is -7.99. The maximum Gasteiger partial charge on any atom is 0.198 e. The Kier molecular flexibility index (Phi) is 18.2. The molecule has 0 heterocycles. The molecule has 1 atom stereocenters. The van der Waals surface area contributed by atoms with E-state index in [1.165, 1.54) is 63.6 Å². The molecule has 0 radical (unpaired) electrons. The number of fused-ring (bicyclic) bond motifs is 4. The smallest absolute Gasteiger partial charge is 0.198 e. The molecule has 0 fully saturated rings. The lowest BCUT2D eigenvalue weighted by Gasteiger charge is -2.45. The van der Waals surface area contributed by atoms with Gasteiger partial charge in [-0.3, -0.25) is 0 Å². The number of para-hydroxylation sites is 1. The molecule has 0 aromatic heterocycles. The Morgan fingerprint density at radius 2 is 0.437 bits per heavy atom. The van der Waals surface area contributed by atoms with Crippen LogP contribution in [0.1, 0.15) is 58.3 Å². The summed E-state index contributed by atoms with van der Waals surface area (Å²) in [7, 11) is 2.27. The number of hydrogen-bond acceptors (Lipinski definition) is 0. The summed E-state index contributed by atoms with van der Waals surface area (Å²) in [6.45, 7) is 3.54. The molecule has 0 saturated carbocycles. The summed E-state index contributed by atoms with van der Waals surface area (Å²) < 4.78 is 442. The standard InChI is InChI=1S/C40BF28.C17H29N/c42-13-1-5(25(54)37(66)33(62)21(1)50)17(46)29(58)9(13)41(10-14(43)2-6(18(47)30(10)59)26(55)38(67)34(63)22(2)51,11-15(44)3-7(19(48)31(11)60)27(56)39(68)35(64)23(3)52)12-16(45)4-8(20(49)32(12)61)28(57)40(69)36(65)24(4)53;1-3-4-5-6-7-8-9-13-16-18(2)17-14-11-10-12-15-17/h;10-12,14-15H,3-9,13,16H2,1-2H3/q-1;/p+1. The van der Waals surface area contributed by atoms with Gasteiger partial charge in [0.25, 0.3) is 0 Å². The molecule has 30 heteroatoms. The molecule has 1 unspecified atom stereocenters. The number of nitrogens with one attached hydrogen (secondary N) is 1. The predicted octanol–water partition coefficient (Wildman–Crippen LogP) is 15.5. The van der Waals surface area contributed by atoms with Gasteiger partial charge >= 0.3 is 0 Å². The lowest BCUT2D eigenvalue weighted by atomic mass is 9.12. The van der Waals surface area contributed by atoms with Gasteiger partial charge in [-0.15, -0.1) is 21.9 Å². The number of halogens is 28. The van der Waals surface area contributed by atoms with E-state index in [0.717, 1.165) is 0 Å². The first-order chi connectivity index (χ1) is 40.8. The Morgan fingerprint density at radius 3 is 0.667 bits per heavy atom.